The number of ether oxygens (including phenoxy) is 1. The van der Waals surface area contributed by atoms with Crippen LogP contribution in [-0.4, -0.2) is 7.11 Å². The molecule has 19 heavy (non-hydrogen) atoms. The molecule has 100 valence electrons. The van der Waals surface area contributed by atoms with Crippen LogP contribution in [0.2, 0.25) is 0 Å². The molecule has 2 aromatic rings. The van der Waals surface area contributed by atoms with Crippen molar-refractivity contribution < 1.29 is 9.13 Å². The predicted molar refractivity (Wildman–Crippen MR) is 78.8 cm³/mol. The molecule has 3 N–H and O–H groups in total. The van der Waals surface area contributed by atoms with Crippen molar-refractivity contribution in [2.45, 2.75) is 6.54 Å². The van der Waals surface area contributed by atoms with Gasteiger partial charge in [0.2, 0.25) is 0 Å². The summed E-state index contributed by atoms with van der Waals surface area (Å²) in [6.45, 7) is 0.565. The number of nitrogen functional groups attached to an aromatic ring is 1. The lowest BCUT2D eigenvalue weighted by atomic mass is 10.2. The molecule has 0 aliphatic heterocycles. The van der Waals surface area contributed by atoms with Crippen LogP contribution in [-0.2, 0) is 6.54 Å². The number of anilines is 2. The van der Waals surface area contributed by atoms with Crippen LogP contribution in [0.25, 0.3) is 0 Å². The normalized spacial score (nSPS) is 10.3. The third-order valence-electron chi connectivity index (χ3n) is 2.77. The van der Waals surface area contributed by atoms with Gasteiger partial charge in [0, 0.05) is 6.54 Å². The molecule has 0 saturated carbocycles. The molecular weight excluding hydrogens is 311 g/mol. The number of methoxy groups -OCH3 is 1. The Kier molecular flexibility index (Phi) is 4.27. The summed E-state index contributed by atoms with van der Waals surface area (Å²) in [4.78, 5) is 0. The van der Waals surface area contributed by atoms with E-state index in [4.69, 9.17) is 10.5 Å². The summed E-state index contributed by atoms with van der Waals surface area (Å²) >= 11 is 3.10. The quantitative estimate of drug-likeness (QED) is 0.841. The molecule has 2 aromatic carbocycles. The van der Waals surface area contributed by atoms with Crippen LogP contribution in [0.4, 0.5) is 15.8 Å². The largest absolute Gasteiger partial charge is 0.497 e. The van der Waals surface area contributed by atoms with E-state index in [9.17, 15) is 4.39 Å². The minimum atomic E-state index is -0.445. The Bertz CT molecular complexity index is 572. The molecule has 0 aliphatic carbocycles. The van der Waals surface area contributed by atoms with Crippen molar-refractivity contribution in [2.24, 2.45) is 0 Å². The highest BCUT2D eigenvalue weighted by atomic mass is 79.9. The summed E-state index contributed by atoms with van der Waals surface area (Å²) < 4.78 is 19.0. The molecule has 0 spiro atoms. The first-order valence-corrected chi connectivity index (χ1v) is 6.51. The summed E-state index contributed by atoms with van der Waals surface area (Å²) in [6.07, 6.45) is 0. The monoisotopic (exact) mass is 324 g/mol. The average molecular weight is 325 g/mol. The van der Waals surface area contributed by atoms with Crippen LogP contribution in [0.1, 0.15) is 5.56 Å². The Hall–Kier alpha value is -1.75. The van der Waals surface area contributed by atoms with Gasteiger partial charge in [-0.1, -0.05) is 12.1 Å². The fourth-order valence-corrected chi connectivity index (χ4v) is 2.01. The second kappa shape index (κ2) is 5.93. The second-order valence-corrected chi connectivity index (χ2v) is 4.88. The van der Waals surface area contributed by atoms with E-state index in [1.807, 2.05) is 24.3 Å². The van der Waals surface area contributed by atoms with Gasteiger partial charge in [-0.05, 0) is 45.8 Å². The zero-order chi connectivity index (χ0) is 13.8. The van der Waals surface area contributed by atoms with Crippen LogP contribution < -0.4 is 15.8 Å². The molecule has 0 radical (unpaired) electrons. The molecule has 0 fully saturated rings. The van der Waals surface area contributed by atoms with E-state index in [2.05, 4.69) is 21.2 Å². The SMILES string of the molecule is COc1ccc(CNc2ccc(Br)c(F)c2N)cc1. The van der Waals surface area contributed by atoms with Crippen molar-refractivity contribution in [3.63, 3.8) is 0 Å². The number of hydrogen-bond donors (Lipinski definition) is 2. The number of hydrogen-bond acceptors (Lipinski definition) is 3. The van der Waals surface area contributed by atoms with E-state index >= 15 is 0 Å². The molecule has 0 bridgehead atoms. The highest BCUT2D eigenvalue weighted by Gasteiger charge is 2.08. The lowest BCUT2D eigenvalue weighted by molar-refractivity contribution is 0.414. The van der Waals surface area contributed by atoms with Gasteiger partial charge < -0.3 is 15.8 Å². The van der Waals surface area contributed by atoms with Crippen molar-refractivity contribution in [1.29, 1.82) is 0 Å². The van der Waals surface area contributed by atoms with Gasteiger partial charge in [-0.3, -0.25) is 0 Å². The minimum Gasteiger partial charge on any atom is -0.497 e. The maximum Gasteiger partial charge on any atom is 0.162 e. The summed E-state index contributed by atoms with van der Waals surface area (Å²) in [7, 11) is 1.62. The van der Waals surface area contributed by atoms with E-state index in [-0.39, 0.29) is 5.69 Å². The average Bonchev–Trinajstić information content (AvgIpc) is 2.45. The molecule has 0 atom stereocenters. The van der Waals surface area contributed by atoms with E-state index in [1.54, 1.807) is 19.2 Å². The molecule has 0 aromatic heterocycles. The van der Waals surface area contributed by atoms with Crippen LogP contribution >= 0.6 is 15.9 Å². The molecule has 0 unspecified atom stereocenters. The van der Waals surface area contributed by atoms with Gasteiger partial charge in [0.05, 0.1) is 23.0 Å². The van der Waals surface area contributed by atoms with Gasteiger partial charge in [-0.15, -0.1) is 0 Å². The Morgan fingerprint density at radius 1 is 1.21 bits per heavy atom. The van der Waals surface area contributed by atoms with Crippen molar-refractivity contribution in [1.82, 2.24) is 0 Å². The first kappa shape index (κ1) is 13.7. The van der Waals surface area contributed by atoms with Gasteiger partial charge in [0.25, 0.3) is 0 Å². The molecular formula is C14H14BrFN2O. The third kappa shape index (κ3) is 3.17. The van der Waals surface area contributed by atoms with Gasteiger partial charge in [0.1, 0.15) is 5.75 Å². The highest BCUT2D eigenvalue weighted by Crippen LogP contribution is 2.28. The van der Waals surface area contributed by atoms with Crippen molar-refractivity contribution in [3.05, 3.63) is 52.3 Å². The predicted octanol–water partition coefficient (Wildman–Crippen LogP) is 3.79. The molecule has 2 rings (SSSR count). The van der Waals surface area contributed by atoms with Gasteiger partial charge in [-0.25, -0.2) is 4.39 Å². The summed E-state index contributed by atoms with van der Waals surface area (Å²) in [5.41, 5.74) is 7.46. The fourth-order valence-electron chi connectivity index (χ4n) is 1.66. The minimum absolute atomic E-state index is 0.114. The zero-order valence-corrected chi connectivity index (χ0v) is 12.0. The van der Waals surface area contributed by atoms with E-state index in [0.717, 1.165) is 11.3 Å². The Morgan fingerprint density at radius 2 is 1.89 bits per heavy atom. The van der Waals surface area contributed by atoms with Crippen molar-refractivity contribution in [3.8, 4) is 5.75 Å². The Morgan fingerprint density at radius 3 is 2.53 bits per heavy atom. The topological polar surface area (TPSA) is 47.3 Å². The number of nitrogens with two attached hydrogens (primary N) is 1. The van der Waals surface area contributed by atoms with Crippen LogP contribution in [0.3, 0.4) is 0 Å². The standard InChI is InChI=1S/C14H14BrFN2O/c1-19-10-4-2-9(3-5-10)8-18-12-7-6-11(15)13(16)14(12)17/h2-7,18H,8,17H2,1H3. The van der Waals surface area contributed by atoms with Gasteiger partial charge in [0.15, 0.2) is 5.82 Å². The van der Waals surface area contributed by atoms with E-state index in [0.29, 0.717) is 16.7 Å². The summed E-state index contributed by atoms with van der Waals surface area (Å²) in [5.74, 6) is 0.359. The molecule has 5 heteroatoms. The van der Waals surface area contributed by atoms with Crippen LogP contribution in [0.15, 0.2) is 40.9 Å². The van der Waals surface area contributed by atoms with Gasteiger partial charge >= 0.3 is 0 Å². The lowest BCUT2D eigenvalue weighted by Crippen LogP contribution is -2.04. The zero-order valence-electron chi connectivity index (χ0n) is 10.4. The summed E-state index contributed by atoms with van der Waals surface area (Å²) in [5, 5.41) is 3.11. The number of benzene rings is 2. The Labute approximate surface area is 119 Å². The molecule has 0 aliphatic rings. The maximum absolute atomic E-state index is 13.6. The number of halogens is 2. The first-order chi connectivity index (χ1) is 9.11. The second-order valence-electron chi connectivity index (χ2n) is 4.02. The molecule has 0 amide bonds. The number of rotatable bonds is 4. The summed E-state index contributed by atoms with van der Waals surface area (Å²) in [6, 6.07) is 11.0. The van der Waals surface area contributed by atoms with Crippen LogP contribution in [0.5, 0.6) is 5.75 Å². The number of nitrogens with one attached hydrogen (secondary N) is 1. The Balaban J connectivity index is 2.08. The third-order valence-corrected chi connectivity index (χ3v) is 3.39. The molecule has 0 saturated heterocycles. The smallest absolute Gasteiger partial charge is 0.162 e. The molecule has 3 nitrogen and oxygen atoms in total. The lowest BCUT2D eigenvalue weighted by Gasteiger charge is -2.11. The van der Waals surface area contributed by atoms with E-state index in [1.165, 1.54) is 0 Å². The highest BCUT2D eigenvalue weighted by molar-refractivity contribution is 9.10. The molecule has 0 heterocycles. The van der Waals surface area contributed by atoms with Crippen molar-refractivity contribution in [2.75, 3.05) is 18.2 Å². The van der Waals surface area contributed by atoms with Crippen LogP contribution in [0, 0.1) is 5.82 Å². The van der Waals surface area contributed by atoms with Gasteiger partial charge in [-0.2, -0.15) is 0 Å². The first-order valence-electron chi connectivity index (χ1n) is 5.72. The maximum atomic E-state index is 13.6. The fraction of sp³-hybridized carbons (Fsp3) is 0.143. The van der Waals surface area contributed by atoms with Crippen molar-refractivity contribution >= 4 is 27.3 Å². The van der Waals surface area contributed by atoms with E-state index < -0.39 is 5.82 Å².